The summed E-state index contributed by atoms with van der Waals surface area (Å²) in [6, 6.07) is 9.55. The van der Waals surface area contributed by atoms with Gasteiger partial charge in [-0.25, -0.2) is 0 Å². The molecule has 2 amide bonds. The third kappa shape index (κ3) is 4.09. The standard InChI is InChI=1S/C15H15ClN2O4/c1-15(21,12-3-2-8-22-12)9-17-13(19)14(20)18-11-6-4-10(16)5-7-11/h2-8,21H,9H2,1H3,(H,17,19)(H,18,20). The van der Waals surface area contributed by atoms with Gasteiger partial charge < -0.3 is 20.2 Å². The van der Waals surface area contributed by atoms with Gasteiger partial charge in [-0.1, -0.05) is 11.6 Å². The van der Waals surface area contributed by atoms with E-state index in [0.29, 0.717) is 16.5 Å². The van der Waals surface area contributed by atoms with Crippen LogP contribution in [0.5, 0.6) is 0 Å². The topological polar surface area (TPSA) is 91.6 Å². The summed E-state index contributed by atoms with van der Waals surface area (Å²) in [4.78, 5) is 23.5. The summed E-state index contributed by atoms with van der Waals surface area (Å²) in [6.45, 7) is 1.32. The van der Waals surface area contributed by atoms with Crippen molar-refractivity contribution in [1.82, 2.24) is 5.32 Å². The molecule has 6 nitrogen and oxygen atoms in total. The van der Waals surface area contributed by atoms with Crippen LogP contribution in [0, 0.1) is 0 Å². The van der Waals surface area contributed by atoms with E-state index in [9.17, 15) is 14.7 Å². The highest BCUT2D eigenvalue weighted by atomic mass is 35.5. The van der Waals surface area contributed by atoms with Gasteiger partial charge in [-0.2, -0.15) is 0 Å². The van der Waals surface area contributed by atoms with Crippen LogP contribution in [0.2, 0.25) is 5.02 Å². The smallest absolute Gasteiger partial charge is 0.313 e. The molecule has 2 aromatic rings. The maximum absolute atomic E-state index is 11.7. The van der Waals surface area contributed by atoms with Crippen LogP contribution in [0.3, 0.4) is 0 Å². The summed E-state index contributed by atoms with van der Waals surface area (Å²) in [5.41, 5.74) is -0.956. The quantitative estimate of drug-likeness (QED) is 0.750. The first-order valence-corrected chi connectivity index (χ1v) is 6.87. The van der Waals surface area contributed by atoms with Crippen molar-refractivity contribution < 1.29 is 19.1 Å². The molecule has 0 aliphatic carbocycles. The highest BCUT2D eigenvalue weighted by molar-refractivity contribution is 6.39. The summed E-state index contributed by atoms with van der Waals surface area (Å²) >= 11 is 5.73. The number of halogens is 1. The maximum Gasteiger partial charge on any atom is 0.313 e. The molecule has 0 bridgehead atoms. The lowest BCUT2D eigenvalue weighted by Gasteiger charge is -2.20. The zero-order chi connectivity index (χ0) is 16.2. The molecule has 0 spiro atoms. The van der Waals surface area contributed by atoms with Crippen molar-refractivity contribution in [1.29, 1.82) is 0 Å². The molecule has 0 saturated heterocycles. The highest BCUT2D eigenvalue weighted by Crippen LogP contribution is 2.19. The number of carbonyl (C=O) groups excluding carboxylic acids is 2. The second-order valence-corrected chi connectivity index (χ2v) is 5.33. The second-order valence-electron chi connectivity index (χ2n) is 4.89. The van der Waals surface area contributed by atoms with Gasteiger partial charge in [0.2, 0.25) is 0 Å². The Hall–Kier alpha value is -2.31. The van der Waals surface area contributed by atoms with Crippen LogP contribution >= 0.6 is 11.6 Å². The first-order valence-electron chi connectivity index (χ1n) is 6.49. The first kappa shape index (κ1) is 16.1. The fourth-order valence-electron chi connectivity index (χ4n) is 1.73. The molecular weight excluding hydrogens is 308 g/mol. The van der Waals surface area contributed by atoms with Crippen molar-refractivity contribution >= 4 is 29.1 Å². The van der Waals surface area contributed by atoms with E-state index in [0.717, 1.165) is 0 Å². The second kappa shape index (κ2) is 6.64. The molecule has 1 aromatic heterocycles. The molecular formula is C15H15ClN2O4. The number of aliphatic hydroxyl groups is 1. The van der Waals surface area contributed by atoms with Gasteiger partial charge in [-0.3, -0.25) is 9.59 Å². The monoisotopic (exact) mass is 322 g/mol. The molecule has 1 unspecified atom stereocenters. The van der Waals surface area contributed by atoms with E-state index < -0.39 is 17.4 Å². The lowest BCUT2D eigenvalue weighted by Crippen LogP contribution is -2.43. The maximum atomic E-state index is 11.7. The molecule has 0 saturated carbocycles. The normalized spacial score (nSPS) is 13.2. The predicted molar refractivity (Wildman–Crippen MR) is 81.4 cm³/mol. The van der Waals surface area contributed by atoms with E-state index >= 15 is 0 Å². The summed E-state index contributed by atoms with van der Waals surface area (Å²) < 4.78 is 5.08. The number of anilines is 1. The van der Waals surface area contributed by atoms with Gasteiger partial charge in [-0.05, 0) is 43.3 Å². The minimum atomic E-state index is -1.40. The number of amides is 2. The van der Waals surface area contributed by atoms with E-state index in [1.54, 1.807) is 36.4 Å². The van der Waals surface area contributed by atoms with Gasteiger partial charge in [0.05, 0.1) is 12.8 Å². The number of nitrogens with one attached hydrogen (secondary N) is 2. The van der Waals surface area contributed by atoms with Crippen LogP contribution in [0.15, 0.2) is 47.1 Å². The minimum Gasteiger partial charge on any atom is -0.466 e. The molecule has 22 heavy (non-hydrogen) atoms. The van der Waals surface area contributed by atoms with Crippen molar-refractivity contribution in [3.8, 4) is 0 Å². The van der Waals surface area contributed by atoms with Gasteiger partial charge in [0.25, 0.3) is 0 Å². The average molecular weight is 323 g/mol. The lowest BCUT2D eigenvalue weighted by molar-refractivity contribution is -0.136. The van der Waals surface area contributed by atoms with Crippen LogP contribution in [-0.2, 0) is 15.2 Å². The van der Waals surface area contributed by atoms with Crippen molar-refractivity contribution in [2.45, 2.75) is 12.5 Å². The van der Waals surface area contributed by atoms with Gasteiger partial charge in [0.15, 0.2) is 0 Å². The van der Waals surface area contributed by atoms with Gasteiger partial charge >= 0.3 is 11.8 Å². The molecule has 7 heteroatoms. The Morgan fingerprint density at radius 1 is 1.23 bits per heavy atom. The molecule has 1 heterocycles. The number of hydrogen-bond acceptors (Lipinski definition) is 4. The van der Waals surface area contributed by atoms with Crippen LogP contribution in [0.1, 0.15) is 12.7 Å². The molecule has 1 atom stereocenters. The van der Waals surface area contributed by atoms with Crippen molar-refractivity contribution in [3.05, 3.63) is 53.4 Å². The molecule has 0 fully saturated rings. The average Bonchev–Trinajstić information content (AvgIpc) is 3.02. The fraction of sp³-hybridized carbons (Fsp3) is 0.200. The zero-order valence-corrected chi connectivity index (χ0v) is 12.6. The predicted octanol–water partition coefficient (Wildman–Crippen LogP) is 1.90. The molecule has 0 aliphatic heterocycles. The number of carbonyl (C=O) groups is 2. The van der Waals surface area contributed by atoms with E-state index in [4.69, 9.17) is 16.0 Å². The van der Waals surface area contributed by atoms with Crippen LogP contribution < -0.4 is 10.6 Å². The van der Waals surface area contributed by atoms with E-state index in [1.807, 2.05) is 0 Å². The first-order chi connectivity index (χ1) is 10.4. The Bertz CT molecular complexity index is 651. The molecule has 2 rings (SSSR count). The molecule has 116 valence electrons. The van der Waals surface area contributed by atoms with E-state index in [-0.39, 0.29) is 6.54 Å². The molecule has 0 aliphatic rings. The largest absolute Gasteiger partial charge is 0.466 e. The van der Waals surface area contributed by atoms with E-state index in [2.05, 4.69) is 10.6 Å². The van der Waals surface area contributed by atoms with Gasteiger partial charge in [-0.15, -0.1) is 0 Å². The Balaban J connectivity index is 1.89. The van der Waals surface area contributed by atoms with Crippen LogP contribution in [0.25, 0.3) is 0 Å². The van der Waals surface area contributed by atoms with Gasteiger partial charge in [0.1, 0.15) is 11.4 Å². The van der Waals surface area contributed by atoms with E-state index in [1.165, 1.54) is 13.2 Å². The highest BCUT2D eigenvalue weighted by Gasteiger charge is 2.28. The number of benzene rings is 1. The Kier molecular flexibility index (Phi) is 4.85. The molecule has 0 radical (unpaired) electrons. The fourth-order valence-corrected chi connectivity index (χ4v) is 1.85. The molecule has 1 aromatic carbocycles. The Morgan fingerprint density at radius 3 is 2.50 bits per heavy atom. The number of rotatable bonds is 4. The SMILES string of the molecule is CC(O)(CNC(=O)C(=O)Nc1ccc(Cl)cc1)c1ccco1. The van der Waals surface area contributed by atoms with Crippen molar-refractivity contribution in [2.75, 3.05) is 11.9 Å². The molecule has 3 N–H and O–H groups in total. The summed E-state index contributed by atoms with van der Waals surface area (Å²) in [7, 11) is 0. The van der Waals surface area contributed by atoms with Crippen LogP contribution in [-0.4, -0.2) is 23.5 Å². The third-order valence-electron chi connectivity index (χ3n) is 2.95. The third-order valence-corrected chi connectivity index (χ3v) is 3.21. The number of hydrogen-bond donors (Lipinski definition) is 3. The van der Waals surface area contributed by atoms with Crippen LogP contribution in [0.4, 0.5) is 5.69 Å². The van der Waals surface area contributed by atoms with Crippen molar-refractivity contribution in [3.63, 3.8) is 0 Å². The number of furan rings is 1. The Morgan fingerprint density at radius 2 is 1.91 bits per heavy atom. The minimum absolute atomic E-state index is 0.159. The van der Waals surface area contributed by atoms with Gasteiger partial charge in [0, 0.05) is 10.7 Å². The summed E-state index contributed by atoms with van der Waals surface area (Å²) in [5, 5.41) is 15.5. The zero-order valence-electron chi connectivity index (χ0n) is 11.8. The summed E-state index contributed by atoms with van der Waals surface area (Å²) in [6.07, 6.45) is 1.42. The summed E-state index contributed by atoms with van der Waals surface area (Å²) in [5.74, 6) is -1.40. The Labute approximate surface area is 132 Å². The lowest BCUT2D eigenvalue weighted by atomic mass is 10.0. The van der Waals surface area contributed by atoms with Crippen molar-refractivity contribution in [2.24, 2.45) is 0 Å².